The molecular weight excluding hydrogens is 390 g/mol. The van der Waals surface area contributed by atoms with Crippen LogP contribution in [-0.2, 0) is 0 Å². The van der Waals surface area contributed by atoms with Crippen LogP contribution in [0.25, 0.3) is 0 Å². The van der Waals surface area contributed by atoms with Crippen molar-refractivity contribution in [2.45, 2.75) is 0 Å². The molecule has 0 aromatic heterocycles. The van der Waals surface area contributed by atoms with E-state index in [0.29, 0.717) is 35.2 Å². The molecule has 3 rings (SSSR count). The second-order valence-electron chi connectivity index (χ2n) is 6.08. The fourth-order valence-electron chi connectivity index (χ4n) is 2.47. The van der Waals surface area contributed by atoms with Crippen molar-refractivity contribution in [1.29, 1.82) is 0 Å². The molecule has 0 bridgehead atoms. The molecule has 0 unspecified atom stereocenters. The lowest BCUT2D eigenvalue weighted by Gasteiger charge is -2.10. The maximum absolute atomic E-state index is 12.2. The van der Waals surface area contributed by atoms with Gasteiger partial charge in [0.2, 0.25) is 0 Å². The number of rotatable bonds is 7. The standard InChI is InChI=1S/C22H20ClN3O3/c23-17-8-12-20(13-9-17)29-15-14-24-22(28)26-19-10-6-16(7-11-19)21(27)25-18-4-2-1-3-5-18/h1-13H,14-15H2,(H,25,27)(H2,24,26,28). The lowest BCUT2D eigenvalue weighted by atomic mass is 10.2. The van der Waals surface area contributed by atoms with E-state index in [1.165, 1.54) is 0 Å². The second-order valence-corrected chi connectivity index (χ2v) is 6.52. The highest BCUT2D eigenvalue weighted by molar-refractivity contribution is 6.30. The molecule has 0 heterocycles. The van der Waals surface area contributed by atoms with Crippen LogP contribution < -0.4 is 20.7 Å². The monoisotopic (exact) mass is 409 g/mol. The van der Waals surface area contributed by atoms with Crippen LogP contribution in [0.3, 0.4) is 0 Å². The molecule has 3 N–H and O–H groups in total. The summed E-state index contributed by atoms with van der Waals surface area (Å²) < 4.78 is 5.51. The van der Waals surface area contributed by atoms with Gasteiger partial charge in [-0.25, -0.2) is 4.79 Å². The summed E-state index contributed by atoms with van der Waals surface area (Å²) in [6.45, 7) is 0.666. The maximum Gasteiger partial charge on any atom is 0.319 e. The van der Waals surface area contributed by atoms with Gasteiger partial charge >= 0.3 is 6.03 Å². The molecule has 6 nitrogen and oxygen atoms in total. The van der Waals surface area contributed by atoms with Gasteiger partial charge in [-0.1, -0.05) is 29.8 Å². The predicted molar refractivity (Wildman–Crippen MR) is 115 cm³/mol. The van der Waals surface area contributed by atoms with Gasteiger partial charge in [-0.15, -0.1) is 0 Å². The fourth-order valence-corrected chi connectivity index (χ4v) is 2.60. The fraction of sp³-hybridized carbons (Fsp3) is 0.0909. The molecule has 0 fully saturated rings. The average molecular weight is 410 g/mol. The Morgan fingerprint density at radius 1 is 0.793 bits per heavy atom. The van der Waals surface area contributed by atoms with Gasteiger partial charge in [-0.05, 0) is 60.7 Å². The average Bonchev–Trinajstić information content (AvgIpc) is 2.74. The number of carbonyl (C=O) groups excluding carboxylic acids is 2. The number of hydrogen-bond acceptors (Lipinski definition) is 3. The van der Waals surface area contributed by atoms with Crippen molar-refractivity contribution < 1.29 is 14.3 Å². The number of nitrogens with one attached hydrogen (secondary N) is 3. The highest BCUT2D eigenvalue weighted by atomic mass is 35.5. The first kappa shape index (κ1) is 20.2. The number of carbonyl (C=O) groups is 2. The normalized spacial score (nSPS) is 10.1. The number of urea groups is 1. The van der Waals surface area contributed by atoms with Crippen molar-refractivity contribution in [2.75, 3.05) is 23.8 Å². The molecule has 3 aromatic rings. The van der Waals surface area contributed by atoms with Gasteiger partial charge in [0.05, 0.1) is 6.54 Å². The number of halogens is 1. The number of para-hydroxylation sites is 1. The summed E-state index contributed by atoms with van der Waals surface area (Å²) in [5.41, 5.74) is 1.80. The molecule has 3 amide bonds. The SMILES string of the molecule is O=C(NCCOc1ccc(Cl)cc1)Nc1ccc(C(=O)Nc2ccccc2)cc1. The zero-order valence-corrected chi connectivity index (χ0v) is 16.3. The van der Waals surface area contributed by atoms with Crippen LogP contribution in [0.1, 0.15) is 10.4 Å². The van der Waals surface area contributed by atoms with E-state index in [0.717, 1.165) is 5.69 Å². The summed E-state index contributed by atoms with van der Waals surface area (Å²) in [5.74, 6) is 0.465. The largest absolute Gasteiger partial charge is 0.492 e. The molecule has 0 saturated heterocycles. The molecular formula is C22H20ClN3O3. The summed E-state index contributed by atoms with van der Waals surface area (Å²) in [6, 6.07) is 22.5. The van der Waals surface area contributed by atoms with Crippen molar-refractivity contribution in [2.24, 2.45) is 0 Å². The van der Waals surface area contributed by atoms with Gasteiger partial charge in [0.15, 0.2) is 0 Å². The summed E-state index contributed by atoms with van der Waals surface area (Å²) in [6.07, 6.45) is 0. The molecule has 29 heavy (non-hydrogen) atoms. The minimum absolute atomic E-state index is 0.216. The lowest BCUT2D eigenvalue weighted by Crippen LogP contribution is -2.32. The van der Waals surface area contributed by atoms with Crippen LogP contribution in [0.5, 0.6) is 5.75 Å². The van der Waals surface area contributed by atoms with Crippen molar-refractivity contribution in [3.8, 4) is 5.75 Å². The molecule has 0 aliphatic heterocycles. The van der Waals surface area contributed by atoms with E-state index in [-0.39, 0.29) is 11.9 Å². The zero-order valence-electron chi connectivity index (χ0n) is 15.5. The predicted octanol–water partition coefficient (Wildman–Crippen LogP) is 4.79. The van der Waals surface area contributed by atoms with E-state index in [2.05, 4.69) is 16.0 Å². The smallest absolute Gasteiger partial charge is 0.319 e. The first-order chi connectivity index (χ1) is 14.1. The third-order valence-electron chi connectivity index (χ3n) is 3.91. The van der Waals surface area contributed by atoms with Gasteiger partial charge in [0.1, 0.15) is 12.4 Å². The van der Waals surface area contributed by atoms with Crippen LogP contribution in [0.2, 0.25) is 5.02 Å². The van der Waals surface area contributed by atoms with Crippen LogP contribution >= 0.6 is 11.6 Å². The van der Waals surface area contributed by atoms with Crippen molar-refractivity contribution >= 4 is 34.9 Å². The summed E-state index contributed by atoms with van der Waals surface area (Å²) in [4.78, 5) is 24.2. The Labute approximate surface area is 173 Å². The molecule has 0 saturated carbocycles. The summed E-state index contributed by atoms with van der Waals surface area (Å²) >= 11 is 5.81. The number of ether oxygens (including phenoxy) is 1. The summed E-state index contributed by atoms with van der Waals surface area (Å²) in [5, 5.41) is 8.86. The minimum atomic E-state index is -0.355. The van der Waals surface area contributed by atoms with E-state index in [1.54, 1.807) is 48.5 Å². The second kappa shape index (κ2) is 10.1. The molecule has 3 aromatic carbocycles. The van der Waals surface area contributed by atoms with E-state index in [9.17, 15) is 9.59 Å². The van der Waals surface area contributed by atoms with Crippen LogP contribution in [0.15, 0.2) is 78.9 Å². The van der Waals surface area contributed by atoms with Gasteiger partial charge in [-0.2, -0.15) is 0 Å². The Morgan fingerprint density at radius 3 is 2.14 bits per heavy atom. The summed E-state index contributed by atoms with van der Waals surface area (Å²) in [7, 11) is 0. The van der Waals surface area contributed by atoms with Crippen molar-refractivity contribution in [3.05, 3.63) is 89.4 Å². The van der Waals surface area contributed by atoms with E-state index in [1.807, 2.05) is 30.3 Å². The topological polar surface area (TPSA) is 79.5 Å². The van der Waals surface area contributed by atoms with E-state index >= 15 is 0 Å². The number of hydrogen-bond donors (Lipinski definition) is 3. The van der Waals surface area contributed by atoms with Crippen LogP contribution in [-0.4, -0.2) is 25.1 Å². The Kier molecular flexibility index (Phi) is 7.08. The molecule has 0 aliphatic rings. The quantitative estimate of drug-likeness (QED) is 0.491. The highest BCUT2D eigenvalue weighted by Crippen LogP contribution is 2.15. The highest BCUT2D eigenvalue weighted by Gasteiger charge is 2.07. The Bertz CT molecular complexity index is 945. The number of anilines is 2. The number of amides is 3. The molecule has 0 aliphatic carbocycles. The Hall–Kier alpha value is -3.51. The third kappa shape index (κ3) is 6.55. The van der Waals surface area contributed by atoms with Crippen molar-refractivity contribution in [1.82, 2.24) is 5.32 Å². The van der Waals surface area contributed by atoms with Gasteiger partial charge in [0.25, 0.3) is 5.91 Å². The first-order valence-corrected chi connectivity index (χ1v) is 9.37. The Morgan fingerprint density at radius 2 is 1.45 bits per heavy atom. The van der Waals surface area contributed by atoms with Crippen LogP contribution in [0, 0.1) is 0 Å². The lowest BCUT2D eigenvalue weighted by molar-refractivity contribution is 0.102. The van der Waals surface area contributed by atoms with E-state index in [4.69, 9.17) is 16.3 Å². The molecule has 0 radical (unpaired) electrons. The molecule has 148 valence electrons. The van der Waals surface area contributed by atoms with Gasteiger partial charge in [-0.3, -0.25) is 4.79 Å². The van der Waals surface area contributed by atoms with Crippen molar-refractivity contribution in [3.63, 3.8) is 0 Å². The third-order valence-corrected chi connectivity index (χ3v) is 4.16. The first-order valence-electron chi connectivity index (χ1n) is 9.00. The zero-order chi connectivity index (χ0) is 20.5. The maximum atomic E-state index is 12.2. The number of benzene rings is 3. The minimum Gasteiger partial charge on any atom is -0.492 e. The molecule has 7 heteroatoms. The molecule has 0 spiro atoms. The molecule has 0 atom stereocenters. The van der Waals surface area contributed by atoms with Gasteiger partial charge < -0.3 is 20.7 Å². The Balaban J connectivity index is 1.41. The van der Waals surface area contributed by atoms with Crippen LogP contribution in [0.4, 0.5) is 16.2 Å². The van der Waals surface area contributed by atoms with E-state index < -0.39 is 0 Å². The van der Waals surface area contributed by atoms with Gasteiger partial charge in [0, 0.05) is 22.0 Å².